The molecule has 4 atom stereocenters. The molecule has 308 valence electrons. The highest BCUT2D eigenvalue weighted by molar-refractivity contribution is 5.87. The molecule has 2 aromatic heterocycles. The van der Waals surface area contributed by atoms with Gasteiger partial charge in [0.2, 0.25) is 11.8 Å². The molecule has 2 fully saturated rings. The van der Waals surface area contributed by atoms with Gasteiger partial charge in [0.1, 0.15) is 23.7 Å². The summed E-state index contributed by atoms with van der Waals surface area (Å²) >= 11 is 0. The van der Waals surface area contributed by atoms with Crippen LogP contribution < -0.4 is 10.6 Å². The lowest BCUT2D eigenvalue weighted by Gasteiger charge is -2.30. The maximum Gasteiger partial charge on any atom is 0.407 e. The monoisotopic (exact) mass is 792 g/mol. The third kappa shape index (κ3) is 8.46. The number of carbonyl (C=O) groups is 4. The second-order valence-electron chi connectivity index (χ2n) is 16.4. The zero-order valence-corrected chi connectivity index (χ0v) is 34.4. The third-order valence-electron chi connectivity index (χ3n) is 11.9. The number of benzene rings is 2. The van der Waals surface area contributed by atoms with Gasteiger partial charge in [-0.3, -0.25) is 9.59 Å². The number of nitrogens with one attached hydrogen (secondary N) is 4. The van der Waals surface area contributed by atoms with Crippen LogP contribution in [0.2, 0.25) is 0 Å². The number of nitrogens with zero attached hydrogens (tertiary/aromatic N) is 4. The fourth-order valence-corrected chi connectivity index (χ4v) is 8.71. The van der Waals surface area contributed by atoms with Crippen molar-refractivity contribution < 1.29 is 28.7 Å². The Morgan fingerprint density at radius 1 is 0.655 bits per heavy atom. The topological polar surface area (TPSA) is 175 Å². The van der Waals surface area contributed by atoms with Gasteiger partial charge in [0.05, 0.1) is 37.7 Å². The number of alkyl carbamates (subject to hydrolysis) is 2. The van der Waals surface area contributed by atoms with E-state index in [1.165, 1.54) is 36.5 Å². The van der Waals surface area contributed by atoms with Crippen LogP contribution in [0.15, 0.2) is 48.8 Å². The normalized spacial score (nSPS) is 18.9. The van der Waals surface area contributed by atoms with Crippen molar-refractivity contribution in [2.24, 2.45) is 11.8 Å². The second kappa shape index (κ2) is 17.5. The number of aromatic nitrogens is 4. The van der Waals surface area contributed by atoms with E-state index in [1.807, 2.05) is 49.9 Å². The minimum Gasteiger partial charge on any atom is -0.453 e. The van der Waals surface area contributed by atoms with Crippen LogP contribution in [0.4, 0.5) is 9.59 Å². The van der Waals surface area contributed by atoms with Crippen molar-refractivity contribution in [1.82, 2.24) is 40.4 Å². The molecule has 2 aliphatic heterocycles. The molecule has 0 unspecified atom stereocenters. The standard InChI is InChI=1S/C44H56N8O6/c1-25(2)37(49-43(55)57-5)41(53)51-19-7-9-35(51)39-45-23-33(47-39)31-21-27-11-15-29(31)17-13-28-12-16-30(18-14-27)32(22-28)34-24-46-40(48-34)36-10-8-20-52(36)42(54)38(26(3)4)50-44(56)58-6/h11-12,15-16,21-26,35-38H,7-10,13-14,17-20H2,1-6H3,(H,45,47)(H,46,48)(H,49,55)(H,50,56)/t35-,36-,37-,38-/m0/s1. The Hall–Kier alpha value is -5.66. The lowest BCUT2D eigenvalue weighted by Crippen LogP contribution is -2.51. The van der Waals surface area contributed by atoms with Crippen LogP contribution >= 0.6 is 0 Å². The molecule has 14 heteroatoms. The van der Waals surface area contributed by atoms with Gasteiger partial charge in [-0.1, -0.05) is 52.0 Å². The Kier molecular flexibility index (Phi) is 12.2. The predicted molar refractivity (Wildman–Crippen MR) is 219 cm³/mol. The van der Waals surface area contributed by atoms with Gasteiger partial charge in [0, 0.05) is 36.6 Å². The lowest BCUT2D eigenvalue weighted by molar-refractivity contribution is -0.136. The molecular weight excluding hydrogens is 737 g/mol. The van der Waals surface area contributed by atoms with Gasteiger partial charge in [0.25, 0.3) is 0 Å². The zero-order chi connectivity index (χ0) is 41.1. The molecule has 2 saturated heterocycles. The highest BCUT2D eigenvalue weighted by Gasteiger charge is 2.39. The Morgan fingerprint density at radius 3 is 1.45 bits per heavy atom. The van der Waals surface area contributed by atoms with Crippen molar-refractivity contribution in [2.45, 2.75) is 103 Å². The summed E-state index contributed by atoms with van der Waals surface area (Å²) < 4.78 is 9.60. The summed E-state index contributed by atoms with van der Waals surface area (Å²) in [5.74, 6) is 1.02. The van der Waals surface area contributed by atoms with Crippen LogP contribution in [0.1, 0.15) is 99.4 Å². The molecule has 2 aromatic carbocycles. The minimum absolute atomic E-state index is 0.108. The van der Waals surface area contributed by atoms with E-state index < -0.39 is 24.3 Å². The van der Waals surface area contributed by atoms with Crippen LogP contribution in [0, 0.1) is 11.8 Å². The first kappa shape index (κ1) is 40.5. The molecule has 0 radical (unpaired) electrons. The van der Waals surface area contributed by atoms with Gasteiger partial charge in [0.15, 0.2) is 0 Å². The molecule has 4 aliphatic carbocycles. The van der Waals surface area contributed by atoms with Crippen LogP contribution in [0.25, 0.3) is 22.5 Å². The number of likely N-dealkylation sites (tertiary alicyclic amines) is 2. The minimum atomic E-state index is -0.692. The molecule has 4 aromatic rings. The smallest absolute Gasteiger partial charge is 0.407 e. The van der Waals surface area contributed by atoms with E-state index in [9.17, 15) is 19.2 Å². The first-order valence-electron chi connectivity index (χ1n) is 20.6. The Morgan fingerprint density at radius 2 is 1.07 bits per heavy atom. The number of hydrogen-bond acceptors (Lipinski definition) is 8. The quantitative estimate of drug-likeness (QED) is 0.142. The highest BCUT2D eigenvalue weighted by atomic mass is 16.5. The number of amides is 4. The van der Waals surface area contributed by atoms with E-state index in [0.717, 1.165) is 85.5 Å². The van der Waals surface area contributed by atoms with E-state index in [2.05, 4.69) is 57.0 Å². The molecule has 4 bridgehead atoms. The van der Waals surface area contributed by atoms with Crippen LogP contribution in [-0.2, 0) is 44.7 Å². The van der Waals surface area contributed by atoms with Gasteiger partial charge in [-0.05, 0) is 97.6 Å². The third-order valence-corrected chi connectivity index (χ3v) is 11.9. The SMILES string of the molecule is COC(=O)N[C@H](C(=O)N1CCC[C@H]1c1nc(-c2cc3ccc2CCc2ccc(c(-c4c[nH]c([C@@H]5CCCN5C(=O)[C@@H](NC(=O)OC)C(C)C)n4)c2)CC3)c[nH]1)C(C)C. The molecule has 0 spiro atoms. The number of aromatic amines is 2. The molecule has 10 rings (SSSR count). The van der Waals surface area contributed by atoms with E-state index in [1.54, 1.807) is 0 Å². The number of imidazole rings is 2. The maximum atomic E-state index is 13.7. The van der Waals surface area contributed by atoms with Crippen molar-refractivity contribution in [1.29, 1.82) is 0 Å². The molecule has 6 aliphatic rings. The van der Waals surface area contributed by atoms with Crippen molar-refractivity contribution in [3.05, 3.63) is 82.7 Å². The summed E-state index contributed by atoms with van der Waals surface area (Å²) in [5.41, 5.74) is 8.69. The first-order chi connectivity index (χ1) is 27.9. The average molecular weight is 793 g/mol. The number of methoxy groups -OCH3 is 2. The second-order valence-corrected chi connectivity index (χ2v) is 16.4. The van der Waals surface area contributed by atoms with Gasteiger partial charge in [-0.25, -0.2) is 19.6 Å². The molecular formula is C44H56N8O6. The Labute approximate surface area is 339 Å². The predicted octanol–water partition coefficient (Wildman–Crippen LogP) is 6.44. The van der Waals surface area contributed by atoms with Gasteiger partial charge in [-0.2, -0.15) is 0 Å². The fraction of sp³-hybridized carbons (Fsp3) is 0.500. The molecule has 0 saturated carbocycles. The summed E-state index contributed by atoms with van der Waals surface area (Å²) in [6, 6.07) is 11.6. The first-order valence-corrected chi connectivity index (χ1v) is 20.6. The number of hydrogen-bond donors (Lipinski definition) is 4. The number of aryl methyl sites for hydroxylation is 4. The molecule has 4 amide bonds. The summed E-state index contributed by atoms with van der Waals surface area (Å²) in [7, 11) is 2.60. The maximum absolute atomic E-state index is 13.7. The van der Waals surface area contributed by atoms with Crippen molar-refractivity contribution in [3.8, 4) is 22.5 Å². The van der Waals surface area contributed by atoms with Gasteiger partial charge in [-0.15, -0.1) is 0 Å². The Bertz CT molecular complexity index is 1990. The molecule has 14 nitrogen and oxygen atoms in total. The fourth-order valence-electron chi connectivity index (χ4n) is 8.71. The highest BCUT2D eigenvalue weighted by Crippen LogP contribution is 2.36. The lowest BCUT2D eigenvalue weighted by atomic mass is 9.90. The van der Waals surface area contributed by atoms with Crippen LogP contribution in [-0.4, -0.2) is 93.1 Å². The average Bonchev–Trinajstić information content (AvgIpc) is 4.06. The van der Waals surface area contributed by atoms with E-state index in [-0.39, 0.29) is 35.7 Å². The van der Waals surface area contributed by atoms with Gasteiger partial charge >= 0.3 is 12.2 Å². The molecule has 58 heavy (non-hydrogen) atoms. The van der Waals surface area contributed by atoms with Crippen molar-refractivity contribution in [3.63, 3.8) is 0 Å². The number of H-pyrrole nitrogens is 2. The van der Waals surface area contributed by atoms with E-state index in [0.29, 0.717) is 13.1 Å². The van der Waals surface area contributed by atoms with Gasteiger partial charge < -0.3 is 39.9 Å². The van der Waals surface area contributed by atoms with E-state index >= 15 is 0 Å². The summed E-state index contributed by atoms with van der Waals surface area (Å²) in [4.78, 5) is 72.3. The Balaban J connectivity index is 1.09. The summed E-state index contributed by atoms with van der Waals surface area (Å²) in [6.45, 7) is 8.85. The van der Waals surface area contributed by atoms with Crippen LogP contribution in [0.3, 0.4) is 0 Å². The van der Waals surface area contributed by atoms with Crippen molar-refractivity contribution in [2.75, 3.05) is 27.3 Å². The molecule has 4 heterocycles. The number of ether oxygens (including phenoxy) is 2. The number of rotatable bonds is 10. The number of carbonyl (C=O) groups excluding carboxylic acids is 4. The largest absolute Gasteiger partial charge is 0.453 e. The summed E-state index contributed by atoms with van der Waals surface area (Å²) in [6.07, 6.45) is 9.19. The molecule has 4 N–H and O–H groups in total. The van der Waals surface area contributed by atoms with Crippen molar-refractivity contribution >= 4 is 24.0 Å². The van der Waals surface area contributed by atoms with E-state index in [4.69, 9.17) is 19.4 Å². The van der Waals surface area contributed by atoms with Crippen LogP contribution in [0.5, 0.6) is 0 Å². The zero-order valence-electron chi connectivity index (χ0n) is 34.4. The summed E-state index contributed by atoms with van der Waals surface area (Å²) in [5, 5.41) is 5.45.